The van der Waals surface area contributed by atoms with Gasteiger partial charge in [0.1, 0.15) is 0 Å². The number of rotatable bonds is 0. The van der Waals surface area contributed by atoms with Gasteiger partial charge >= 0.3 is 0 Å². The quantitative estimate of drug-likeness (QED) is 0.401. The SMILES string of the molecule is C[SiH](C)N. The van der Waals surface area contributed by atoms with E-state index in [-0.39, 0.29) is 0 Å². The van der Waals surface area contributed by atoms with Crippen LogP contribution >= 0.6 is 0 Å². The third-order valence-corrected chi connectivity index (χ3v) is 0. The van der Waals surface area contributed by atoms with Crippen LogP contribution in [0, 0.1) is 0 Å². The Bertz CT molecular complexity index is 10.8. The predicted molar refractivity (Wildman–Crippen MR) is 23.1 cm³/mol. The van der Waals surface area contributed by atoms with Crippen molar-refractivity contribution in [3.8, 4) is 0 Å². The molecule has 0 amide bonds. The van der Waals surface area contributed by atoms with Crippen LogP contribution in [0.5, 0.6) is 0 Å². The zero-order valence-corrected chi connectivity index (χ0v) is 4.31. The van der Waals surface area contributed by atoms with Gasteiger partial charge in [-0.25, -0.2) is 0 Å². The topological polar surface area (TPSA) is 26.0 Å². The van der Waals surface area contributed by atoms with Crippen molar-refractivity contribution in [3.05, 3.63) is 0 Å². The minimum atomic E-state index is -0.639. The first kappa shape index (κ1) is 4.18. The highest BCUT2D eigenvalue weighted by molar-refractivity contribution is 6.51. The monoisotopic (exact) mass is 75.1 g/mol. The van der Waals surface area contributed by atoms with E-state index >= 15 is 0 Å². The molecule has 0 unspecified atom stereocenters. The Hall–Kier alpha value is 0.177. The molecule has 2 N–H and O–H groups in total. The van der Waals surface area contributed by atoms with Crippen molar-refractivity contribution in [2.75, 3.05) is 0 Å². The van der Waals surface area contributed by atoms with Crippen molar-refractivity contribution in [3.63, 3.8) is 0 Å². The Morgan fingerprint density at radius 3 is 1.50 bits per heavy atom. The molecule has 0 fully saturated rings. The molecule has 0 radical (unpaired) electrons. The second kappa shape index (κ2) is 1.49. The molecule has 0 aliphatic heterocycles. The van der Waals surface area contributed by atoms with Gasteiger partial charge in [0.05, 0.1) is 8.96 Å². The first-order valence-corrected chi connectivity index (χ1v) is 4.46. The summed E-state index contributed by atoms with van der Waals surface area (Å²) in [6, 6.07) is 0. The van der Waals surface area contributed by atoms with Gasteiger partial charge in [0.25, 0.3) is 0 Å². The van der Waals surface area contributed by atoms with E-state index in [4.69, 9.17) is 5.40 Å². The molecule has 0 aromatic rings. The maximum absolute atomic E-state index is 5.25. The van der Waals surface area contributed by atoms with Gasteiger partial charge in [-0.15, -0.1) is 0 Å². The van der Waals surface area contributed by atoms with Crippen molar-refractivity contribution in [1.82, 2.24) is 0 Å². The van der Waals surface area contributed by atoms with E-state index in [0.717, 1.165) is 0 Å². The van der Waals surface area contributed by atoms with Crippen molar-refractivity contribution < 1.29 is 0 Å². The van der Waals surface area contributed by atoms with Crippen LogP contribution < -0.4 is 5.40 Å². The smallest absolute Gasteiger partial charge is 0.0995 e. The molecule has 26 valence electrons. The highest BCUT2D eigenvalue weighted by Gasteiger charge is 1.71. The molecule has 2 heteroatoms. The molecule has 0 rings (SSSR count). The summed E-state index contributed by atoms with van der Waals surface area (Å²) in [5, 5.41) is 5.25. The number of hydrogen-bond donors (Lipinski definition) is 1. The molecule has 0 aromatic heterocycles. The zero-order valence-electron chi connectivity index (χ0n) is 3.15. The Morgan fingerprint density at radius 1 is 1.50 bits per heavy atom. The molecule has 0 saturated carbocycles. The molecule has 0 bridgehead atoms. The molecule has 0 spiro atoms. The van der Waals surface area contributed by atoms with E-state index in [0.29, 0.717) is 0 Å². The fraction of sp³-hybridized carbons (Fsp3) is 1.00. The Morgan fingerprint density at radius 2 is 1.50 bits per heavy atom. The van der Waals surface area contributed by atoms with Crippen molar-refractivity contribution in [2.45, 2.75) is 13.1 Å². The highest BCUT2D eigenvalue weighted by atomic mass is 28.3. The molecule has 0 saturated heterocycles. The van der Waals surface area contributed by atoms with Gasteiger partial charge in [-0.3, -0.25) is 0 Å². The summed E-state index contributed by atoms with van der Waals surface area (Å²) < 4.78 is 0. The van der Waals surface area contributed by atoms with E-state index in [9.17, 15) is 0 Å². The van der Waals surface area contributed by atoms with Crippen molar-refractivity contribution >= 4 is 8.96 Å². The predicted octanol–water partition coefficient (Wildman–Crippen LogP) is -0.0715. The molecule has 4 heavy (non-hydrogen) atoms. The van der Waals surface area contributed by atoms with E-state index < -0.39 is 8.96 Å². The van der Waals surface area contributed by atoms with Crippen LogP contribution in [-0.2, 0) is 0 Å². The maximum Gasteiger partial charge on any atom is 0.0995 e. The third kappa shape index (κ3) is 96.4. The molecule has 1 nitrogen and oxygen atoms in total. The van der Waals surface area contributed by atoms with Crippen LogP contribution in [0.1, 0.15) is 0 Å². The van der Waals surface area contributed by atoms with Gasteiger partial charge in [0.2, 0.25) is 0 Å². The van der Waals surface area contributed by atoms with E-state index in [1.54, 1.807) is 0 Å². The lowest BCUT2D eigenvalue weighted by Crippen LogP contribution is -2.13. The largest absolute Gasteiger partial charge is 0.353 e. The first-order chi connectivity index (χ1) is 1.73. The first-order valence-electron chi connectivity index (χ1n) is 1.49. The summed E-state index contributed by atoms with van der Waals surface area (Å²) in [6.07, 6.45) is 0. The fourth-order valence-electron chi connectivity index (χ4n) is 0. The summed E-state index contributed by atoms with van der Waals surface area (Å²) in [5.41, 5.74) is 0. The Balaban J connectivity index is 2.32. The molecule has 0 aliphatic carbocycles. The molecular weight excluding hydrogens is 66.1 g/mol. The summed E-state index contributed by atoms with van der Waals surface area (Å²) in [6.45, 7) is 4.17. The summed E-state index contributed by atoms with van der Waals surface area (Å²) >= 11 is 0. The van der Waals surface area contributed by atoms with Gasteiger partial charge < -0.3 is 5.40 Å². The summed E-state index contributed by atoms with van der Waals surface area (Å²) in [4.78, 5) is 0. The van der Waals surface area contributed by atoms with E-state index in [1.165, 1.54) is 0 Å². The lowest BCUT2D eigenvalue weighted by atomic mass is 11.9. The van der Waals surface area contributed by atoms with Gasteiger partial charge in [0.15, 0.2) is 0 Å². The highest BCUT2D eigenvalue weighted by Crippen LogP contribution is 1.53. The van der Waals surface area contributed by atoms with Crippen LogP contribution in [0.3, 0.4) is 0 Å². The average molecular weight is 75.2 g/mol. The molecular formula is C2H9NSi. The van der Waals surface area contributed by atoms with Crippen molar-refractivity contribution in [2.24, 2.45) is 5.40 Å². The van der Waals surface area contributed by atoms with Crippen LogP contribution in [0.4, 0.5) is 0 Å². The number of hydrogen-bond acceptors (Lipinski definition) is 1. The third-order valence-electron chi connectivity index (χ3n) is 0. The van der Waals surface area contributed by atoms with Gasteiger partial charge in [-0.2, -0.15) is 0 Å². The second-order valence-corrected chi connectivity index (χ2v) is 3.73. The fourth-order valence-corrected chi connectivity index (χ4v) is 0. The van der Waals surface area contributed by atoms with E-state index in [1.807, 2.05) is 0 Å². The maximum atomic E-state index is 5.25. The normalized spacial score (nSPS) is 9.00. The minimum Gasteiger partial charge on any atom is -0.353 e. The summed E-state index contributed by atoms with van der Waals surface area (Å²) in [7, 11) is -0.639. The Kier molecular flexibility index (Phi) is 1.56. The van der Waals surface area contributed by atoms with E-state index in [2.05, 4.69) is 13.1 Å². The summed E-state index contributed by atoms with van der Waals surface area (Å²) in [5.74, 6) is 0. The van der Waals surface area contributed by atoms with Gasteiger partial charge in [-0.05, 0) is 0 Å². The lowest BCUT2D eigenvalue weighted by Gasteiger charge is -1.77. The standard InChI is InChI=1S/C2H9NSi/c1-4(2)3/h4H,3H2,1-2H3. The van der Waals surface area contributed by atoms with Gasteiger partial charge in [0, 0.05) is 0 Å². The molecule has 0 aliphatic rings. The average Bonchev–Trinajstić information content (AvgIpc) is 0.811. The number of nitrogens with two attached hydrogens (primary N) is 1. The molecule has 0 heterocycles. The lowest BCUT2D eigenvalue weighted by molar-refractivity contribution is 1.74. The van der Waals surface area contributed by atoms with Crippen LogP contribution in [0.2, 0.25) is 13.1 Å². The molecule has 0 aromatic carbocycles. The minimum absolute atomic E-state index is 0.639. The van der Waals surface area contributed by atoms with Crippen LogP contribution in [0.25, 0.3) is 0 Å². The second-order valence-electron chi connectivity index (χ2n) is 1.24. The van der Waals surface area contributed by atoms with Crippen LogP contribution in [0.15, 0.2) is 0 Å². The molecule has 0 atom stereocenters. The Labute approximate surface area is 28.5 Å². The zero-order chi connectivity index (χ0) is 3.58. The van der Waals surface area contributed by atoms with Crippen molar-refractivity contribution in [1.29, 1.82) is 0 Å². The van der Waals surface area contributed by atoms with Gasteiger partial charge in [-0.1, -0.05) is 13.1 Å². The van der Waals surface area contributed by atoms with Crippen LogP contribution in [-0.4, -0.2) is 8.96 Å².